The molecule has 0 saturated carbocycles. The Morgan fingerprint density at radius 3 is 1.45 bits per heavy atom. The molecule has 0 aromatic heterocycles. The Kier molecular flexibility index (Phi) is 26.6. The van der Waals surface area contributed by atoms with Gasteiger partial charge in [0.2, 0.25) is 0 Å². The Hall–Kier alpha value is -3.16. The fraction of sp³-hybridized carbons (Fsp3) is 0.750. The molecule has 49 heavy (non-hydrogen) atoms. The normalized spacial score (nSPS) is 12.3. The highest BCUT2D eigenvalue weighted by Crippen LogP contribution is 2.31. The van der Waals surface area contributed by atoms with Gasteiger partial charge in [-0.1, -0.05) is 6.07 Å². The Bertz CT molecular complexity index is 1020. The maximum absolute atomic E-state index is 12.3. The van der Waals surface area contributed by atoms with Gasteiger partial charge < -0.3 is 60.0 Å². The van der Waals surface area contributed by atoms with Crippen molar-refractivity contribution >= 4 is 17.9 Å². The molecule has 0 saturated heterocycles. The number of hydrogen-bond acceptors (Lipinski definition) is 14. The van der Waals surface area contributed by atoms with Crippen LogP contribution in [0.4, 0.5) is 15.3 Å². The third kappa shape index (κ3) is 23.0. The Balaban J connectivity index is 2.27. The summed E-state index contributed by atoms with van der Waals surface area (Å²) >= 11 is 0. The van der Waals surface area contributed by atoms with Gasteiger partial charge in [0.25, 0.3) is 5.69 Å². The molecule has 1 rings (SSSR count). The lowest BCUT2D eigenvalue weighted by Crippen LogP contribution is -2.27. The summed E-state index contributed by atoms with van der Waals surface area (Å²) in [6.45, 7) is 10.8. The van der Waals surface area contributed by atoms with Crippen molar-refractivity contribution in [2.45, 2.75) is 51.7 Å². The van der Waals surface area contributed by atoms with Gasteiger partial charge in [-0.05, 0) is 64.3 Å². The third-order valence-corrected chi connectivity index (χ3v) is 6.67. The largest absolute Gasteiger partial charge is 0.442 e. The SMILES string of the molecule is CC(OC(=O)NCCCOCCOCCOCCCN)c1ccc(C(C)OC(=O)NCCCOCCOCCOCCCN)c([N+](=O)[O-])c1. The smallest absolute Gasteiger partial charge is 0.407 e. The molecule has 0 aliphatic carbocycles. The molecule has 0 bridgehead atoms. The number of ether oxygens (including phenoxy) is 8. The van der Waals surface area contributed by atoms with Gasteiger partial charge in [0.15, 0.2) is 0 Å². The highest BCUT2D eigenvalue weighted by Gasteiger charge is 2.24. The molecule has 0 radical (unpaired) electrons. The van der Waals surface area contributed by atoms with Crippen molar-refractivity contribution in [1.82, 2.24) is 10.6 Å². The number of nitro groups is 1. The van der Waals surface area contributed by atoms with Crippen LogP contribution in [0.25, 0.3) is 0 Å². The summed E-state index contributed by atoms with van der Waals surface area (Å²) in [5, 5.41) is 17.1. The van der Waals surface area contributed by atoms with Gasteiger partial charge >= 0.3 is 12.2 Å². The van der Waals surface area contributed by atoms with Crippen molar-refractivity contribution < 1.29 is 52.4 Å². The standard InChI is InChI=1S/C32H57N5O12/c1-26(48-31(38)35-11-5-15-44-19-23-46-21-17-42-13-3-9-33)28-7-8-29(30(25-28)37(40)41)27(2)49-32(39)36-12-6-16-45-20-24-47-22-18-43-14-4-10-34/h7-8,25-27H,3-6,9-24,33-34H2,1-2H3,(H,35,38)(H,36,39). The molecule has 0 aliphatic heterocycles. The van der Waals surface area contributed by atoms with Crippen LogP contribution >= 0.6 is 0 Å². The van der Waals surface area contributed by atoms with Crippen molar-refractivity contribution in [2.24, 2.45) is 11.5 Å². The van der Waals surface area contributed by atoms with E-state index in [2.05, 4.69) is 10.6 Å². The average molecular weight is 704 g/mol. The Morgan fingerprint density at radius 1 is 0.653 bits per heavy atom. The minimum Gasteiger partial charge on any atom is -0.442 e. The van der Waals surface area contributed by atoms with E-state index in [1.807, 2.05) is 0 Å². The van der Waals surface area contributed by atoms with Crippen LogP contribution in [0.15, 0.2) is 18.2 Å². The van der Waals surface area contributed by atoms with Crippen molar-refractivity contribution in [3.05, 3.63) is 39.4 Å². The topological polar surface area (TPSA) is 227 Å². The number of carbonyl (C=O) groups is 2. The zero-order chi connectivity index (χ0) is 36.0. The summed E-state index contributed by atoms with van der Waals surface area (Å²) in [7, 11) is 0. The molecule has 6 N–H and O–H groups in total. The van der Waals surface area contributed by atoms with Gasteiger partial charge in [-0.25, -0.2) is 9.59 Å². The number of nitrogens with two attached hydrogens (primary N) is 2. The molecular weight excluding hydrogens is 646 g/mol. The lowest BCUT2D eigenvalue weighted by molar-refractivity contribution is -0.386. The van der Waals surface area contributed by atoms with Gasteiger partial charge in [0.05, 0.1) is 63.3 Å². The number of nitrogens with one attached hydrogen (secondary N) is 2. The Morgan fingerprint density at radius 2 is 1.04 bits per heavy atom. The minimum absolute atomic E-state index is 0.204. The summed E-state index contributed by atoms with van der Waals surface area (Å²) in [5.41, 5.74) is 11.1. The van der Waals surface area contributed by atoms with Gasteiger partial charge in [-0.2, -0.15) is 0 Å². The Labute approximate surface area is 289 Å². The fourth-order valence-electron chi connectivity index (χ4n) is 4.04. The molecule has 2 atom stereocenters. The maximum Gasteiger partial charge on any atom is 0.407 e. The van der Waals surface area contributed by atoms with Crippen LogP contribution in [0.1, 0.15) is 62.9 Å². The minimum atomic E-state index is -0.907. The second kappa shape index (κ2) is 29.7. The molecule has 0 fully saturated rings. The molecule has 1 aromatic carbocycles. The van der Waals surface area contributed by atoms with E-state index in [0.29, 0.717) is 124 Å². The molecule has 2 unspecified atom stereocenters. The molecule has 1 aromatic rings. The number of hydrogen-bond donors (Lipinski definition) is 4. The van der Waals surface area contributed by atoms with Gasteiger partial charge in [0.1, 0.15) is 12.2 Å². The molecular formula is C32H57N5O12. The van der Waals surface area contributed by atoms with E-state index in [-0.39, 0.29) is 11.3 Å². The first-order valence-electron chi connectivity index (χ1n) is 16.8. The fourth-order valence-corrected chi connectivity index (χ4v) is 4.04. The van der Waals surface area contributed by atoms with Gasteiger partial charge in [-0.3, -0.25) is 10.1 Å². The van der Waals surface area contributed by atoms with Crippen LogP contribution in [0.2, 0.25) is 0 Å². The van der Waals surface area contributed by atoms with Gasteiger partial charge in [-0.15, -0.1) is 0 Å². The van der Waals surface area contributed by atoms with E-state index >= 15 is 0 Å². The van der Waals surface area contributed by atoms with E-state index in [1.165, 1.54) is 12.1 Å². The summed E-state index contributed by atoms with van der Waals surface area (Å²) in [6, 6.07) is 4.39. The number of amides is 2. The summed E-state index contributed by atoms with van der Waals surface area (Å²) in [4.78, 5) is 35.8. The first-order chi connectivity index (χ1) is 23.8. The number of benzene rings is 1. The first-order valence-corrected chi connectivity index (χ1v) is 16.8. The summed E-state index contributed by atoms with van der Waals surface area (Å²) in [5.74, 6) is 0. The number of alkyl carbamates (subject to hydrolysis) is 2. The first kappa shape index (κ1) is 43.9. The second-order valence-electron chi connectivity index (χ2n) is 10.7. The zero-order valence-corrected chi connectivity index (χ0v) is 29.0. The van der Waals surface area contributed by atoms with Crippen LogP contribution < -0.4 is 22.1 Å². The quantitative estimate of drug-likeness (QED) is 0.0496. The monoisotopic (exact) mass is 703 g/mol. The van der Waals surface area contributed by atoms with E-state index in [1.54, 1.807) is 19.9 Å². The number of carbonyl (C=O) groups excluding carboxylic acids is 2. The molecule has 0 aliphatic rings. The lowest BCUT2D eigenvalue weighted by Gasteiger charge is -2.17. The maximum atomic E-state index is 12.3. The highest BCUT2D eigenvalue weighted by molar-refractivity contribution is 5.68. The van der Waals surface area contributed by atoms with Crippen LogP contribution in [0.3, 0.4) is 0 Å². The van der Waals surface area contributed by atoms with E-state index in [0.717, 1.165) is 12.8 Å². The number of nitrogens with zero attached hydrogens (tertiary/aromatic N) is 1. The van der Waals surface area contributed by atoms with Crippen molar-refractivity contribution in [3.8, 4) is 0 Å². The second-order valence-corrected chi connectivity index (χ2v) is 10.7. The van der Waals surface area contributed by atoms with E-state index in [4.69, 9.17) is 49.4 Å². The third-order valence-electron chi connectivity index (χ3n) is 6.67. The number of nitro benzene ring substituents is 1. The zero-order valence-electron chi connectivity index (χ0n) is 29.0. The van der Waals surface area contributed by atoms with Crippen LogP contribution in [0.5, 0.6) is 0 Å². The van der Waals surface area contributed by atoms with Crippen LogP contribution in [-0.2, 0) is 37.9 Å². The molecule has 0 spiro atoms. The molecule has 17 nitrogen and oxygen atoms in total. The molecule has 2 amide bonds. The lowest BCUT2D eigenvalue weighted by atomic mass is 10.0. The average Bonchev–Trinajstić information content (AvgIpc) is 3.08. The van der Waals surface area contributed by atoms with Gasteiger partial charge in [0, 0.05) is 45.6 Å². The highest BCUT2D eigenvalue weighted by atomic mass is 16.6. The molecule has 17 heteroatoms. The van der Waals surface area contributed by atoms with E-state index < -0.39 is 29.3 Å². The van der Waals surface area contributed by atoms with Crippen LogP contribution in [0, 0.1) is 10.1 Å². The predicted octanol–water partition coefficient (Wildman–Crippen LogP) is 2.75. The van der Waals surface area contributed by atoms with Crippen molar-refractivity contribution in [3.63, 3.8) is 0 Å². The molecule has 282 valence electrons. The van der Waals surface area contributed by atoms with Crippen LogP contribution in [-0.4, -0.2) is 123 Å². The summed E-state index contributed by atoms with van der Waals surface area (Å²) in [6.07, 6.45) is -0.302. The van der Waals surface area contributed by atoms with Crippen molar-refractivity contribution in [2.75, 3.05) is 105 Å². The number of rotatable bonds is 31. The van der Waals surface area contributed by atoms with E-state index in [9.17, 15) is 19.7 Å². The molecule has 0 heterocycles. The summed E-state index contributed by atoms with van der Waals surface area (Å²) < 4.78 is 43.1. The predicted molar refractivity (Wildman–Crippen MR) is 180 cm³/mol. The van der Waals surface area contributed by atoms with Crippen molar-refractivity contribution in [1.29, 1.82) is 0 Å².